The van der Waals surface area contributed by atoms with Gasteiger partial charge in [0, 0.05) is 31.6 Å². The van der Waals surface area contributed by atoms with E-state index in [4.69, 9.17) is 9.97 Å². The third-order valence-electron chi connectivity index (χ3n) is 9.44. The highest BCUT2D eigenvalue weighted by Crippen LogP contribution is 2.33. The summed E-state index contributed by atoms with van der Waals surface area (Å²) in [6, 6.07) is 35.1. The van der Waals surface area contributed by atoms with Crippen LogP contribution in [0.25, 0.3) is 10.9 Å². The molecule has 246 valence electrons. The Morgan fingerprint density at radius 3 is 1.79 bits per heavy atom. The summed E-state index contributed by atoms with van der Waals surface area (Å²) in [6.07, 6.45) is 3.37. The molecular weight excluding hydrogens is 596 g/mol. The molecule has 1 aliphatic rings. The van der Waals surface area contributed by atoms with Crippen LogP contribution in [0.15, 0.2) is 109 Å². The number of carbonyl (C=O) groups excluding carboxylic acids is 2. The van der Waals surface area contributed by atoms with Gasteiger partial charge < -0.3 is 20.4 Å². The van der Waals surface area contributed by atoms with Crippen LogP contribution >= 0.6 is 0 Å². The molecule has 2 N–H and O–H groups in total. The number of benzene rings is 4. The maximum absolute atomic E-state index is 14.5. The second-order valence-corrected chi connectivity index (χ2v) is 12.9. The maximum atomic E-state index is 14.5. The Hall–Kier alpha value is -5.24. The van der Waals surface area contributed by atoms with Gasteiger partial charge in [-0.1, -0.05) is 84.9 Å². The molecule has 8 nitrogen and oxygen atoms in total. The van der Waals surface area contributed by atoms with Crippen molar-refractivity contribution in [1.82, 2.24) is 20.2 Å². The fourth-order valence-electron chi connectivity index (χ4n) is 6.77. The monoisotopic (exact) mass is 640 g/mol. The maximum Gasteiger partial charge on any atom is 0.255 e. The third kappa shape index (κ3) is 7.18. The van der Waals surface area contributed by atoms with Crippen LogP contribution in [0, 0.1) is 0 Å². The Balaban J connectivity index is 1.15. The standard InChI is InChI=1S/C40H44N6O2/c1-27(29-15-7-5-8-16-29)46(28(2)30-17-9-6-10-18-30)39(48)34-20-12-11-19-33(34)38(47)41-31-23-25-32(26-24-31)42-40-43-36-22-14-13-21-35(36)37(44-40)45(3)4/h5-22,27-28,31-32H,23-26H2,1-4H3,(H,41,47)(H,42,43,44)/t27-,28-,31-,32+/m0/s1. The molecule has 5 aromatic rings. The van der Waals surface area contributed by atoms with Gasteiger partial charge in [-0.2, -0.15) is 4.98 Å². The van der Waals surface area contributed by atoms with E-state index in [1.54, 1.807) is 12.1 Å². The van der Waals surface area contributed by atoms with Crippen LogP contribution in [-0.4, -0.2) is 52.9 Å². The van der Waals surface area contributed by atoms with Gasteiger partial charge in [0.25, 0.3) is 11.8 Å². The van der Waals surface area contributed by atoms with Crippen LogP contribution in [0.2, 0.25) is 0 Å². The average molecular weight is 641 g/mol. The number of aromatic nitrogens is 2. The van der Waals surface area contributed by atoms with E-state index in [1.165, 1.54) is 0 Å². The minimum absolute atomic E-state index is 0.0103. The SMILES string of the molecule is C[C@@H](c1ccccc1)N(C(=O)c1ccccc1C(=O)N[C@H]1CC[C@@H](Nc2nc(N(C)C)c3ccccc3n2)CC1)[C@@H](C)c1ccccc1. The fourth-order valence-corrected chi connectivity index (χ4v) is 6.77. The first-order valence-corrected chi connectivity index (χ1v) is 16.8. The number of carbonyl (C=O) groups is 2. The number of rotatable bonds is 10. The van der Waals surface area contributed by atoms with Crippen molar-refractivity contribution in [2.24, 2.45) is 0 Å². The number of nitrogens with one attached hydrogen (secondary N) is 2. The zero-order chi connectivity index (χ0) is 33.6. The molecule has 6 rings (SSSR count). The van der Waals surface area contributed by atoms with E-state index < -0.39 is 0 Å². The van der Waals surface area contributed by atoms with Crippen molar-refractivity contribution < 1.29 is 9.59 Å². The summed E-state index contributed by atoms with van der Waals surface area (Å²) in [4.78, 5) is 41.8. The molecule has 8 heteroatoms. The highest BCUT2D eigenvalue weighted by Gasteiger charge is 2.32. The number of para-hydroxylation sites is 1. The van der Waals surface area contributed by atoms with Gasteiger partial charge in [-0.15, -0.1) is 0 Å². The number of hydrogen-bond acceptors (Lipinski definition) is 6. The molecule has 1 heterocycles. The first-order chi connectivity index (χ1) is 23.3. The Bertz CT molecular complexity index is 1810. The normalized spacial score (nSPS) is 17.2. The second kappa shape index (κ2) is 14.7. The Labute approximate surface area is 283 Å². The van der Waals surface area contributed by atoms with E-state index in [2.05, 4.69) is 10.6 Å². The van der Waals surface area contributed by atoms with E-state index >= 15 is 0 Å². The predicted octanol–water partition coefficient (Wildman–Crippen LogP) is 7.81. The van der Waals surface area contributed by atoms with Gasteiger partial charge in [0.05, 0.1) is 28.7 Å². The van der Waals surface area contributed by atoms with Gasteiger partial charge in [-0.3, -0.25) is 9.59 Å². The molecule has 1 fully saturated rings. The van der Waals surface area contributed by atoms with Crippen molar-refractivity contribution in [3.05, 3.63) is 131 Å². The molecule has 1 aromatic heterocycles. The van der Waals surface area contributed by atoms with E-state index in [0.717, 1.165) is 53.5 Å². The summed E-state index contributed by atoms with van der Waals surface area (Å²) in [5.41, 5.74) is 3.78. The molecule has 0 unspecified atom stereocenters. The number of anilines is 2. The molecular formula is C40H44N6O2. The van der Waals surface area contributed by atoms with Crippen molar-refractivity contribution >= 4 is 34.5 Å². The van der Waals surface area contributed by atoms with Gasteiger partial charge in [0.2, 0.25) is 5.95 Å². The lowest BCUT2D eigenvalue weighted by molar-refractivity contribution is 0.0599. The van der Waals surface area contributed by atoms with Crippen LogP contribution < -0.4 is 15.5 Å². The van der Waals surface area contributed by atoms with Crippen LogP contribution in [0.1, 0.15) is 83.5 Å². The molecule has 2 atom stereocenters. The highest BCUT2D eigenvalue weighted by molar-refractivity contribution is 6.07. The second-order valence-electron chi connectivity index (χ2n) is 12.9. The van der Waals surface area contributed by atoms with E-state index in [0.29, 0.717) is 17.1 Å². The zero-order valence-corrected chi connectivity index (χ0v) is 28.1. The molecule has 0 saturated heterocycles. The van der Waals surface area contributed by atoms with Crippen LogP contribution in [0.5, 0.6) is 0 Å². The molecule has 0 spiro atoms. The lowest BCUT2D eigenvalue weighted by atomic mass is 9.90. The van der Waals surface area contributed by atoms with Crippen LogP contribution in [0.4, 0.5) is 11.8 Å². The molecule has 2 amide bonds. The van der Waals surface area contributed by atoms with Gasteiger partial charge in [0.15, 0.2) is 0 Å². The van der Waals surface area contributed by atoms with E-state index in [1.807, 2.05) is 135 Å². The summed E-state index contributed by atoms with van der Waals surface area (Å²) in [6.45, 7) is 4.10. The van der Waals surface area contributed by atoms with Gasteiger partial charge in [-0.05, 0) is 74.9 Å². The lowest BCUT2D eigenvalue weighted by Crippen LogP contribution is -2.41. The highest BCUT2D eigenvalue weighted by atomic mass is 16.2. The van der Waals surface area contributed by atoms with Crippen molar-refractivity contribution in [1.29, 1.82) is 0 Å². The average Bonchev–Trinajstić information content (AvgIpc) is 3.12. The predicted molar refractivity (Wildman–Crippen MR) is 193 cm³/mol. The van der Waals surface area contributed by atoms with E-state index in [-0.39, 0.29) is 36.0 Å². The van der Waals surface area contributed by atoms with Crippen molar-refractivity contribution in [2.45, 2.75) is 63.7 Å². The number of fused-ring (bicyclic) bond motifs is 1. The molecule has 1 saturated carbocycles. The minimum atomic E-state index is -0.219. The van der Waals surface area contributed by atoms with Crippen molar-refractivity contribution in [2.75, 3.05) is 24.3 Å². The number of nitrogens with zero attached hydrogens (tertiary/aromatic N) is 4. The van der Waals surface area contributed by atoms with Gasteiger partial charge in [-0.25, -0.2) is 4.98 Å². The number of hydrogen-bond donors (Lipinski definition) is 2. The Morgan fingerprint density at radius 1 is 0.667 bits per heavy atom. The summed E-state index contributed by atoms with van der Waals surface area (Å²) in [7, 11) is 3.98. The quantitative estimate of drug-likeness (QED) is 0.162. The molecule has 48 heavy (non-hydrogen) atoms. The first-order valence-electron chi connectivity index (χ1n) is 16.8. The van der Waals surface area contributed by atoms with Crippen LogP contribution in [0.3, 0.4) is 0 Å². The molecule has 1 aliphatic carbocycles. The molecule has 0 bridgehead atoms. The molecule has 0 radical (unpaired) electrons. The smallest absolute Gasteiger partial charge is 0.255 e. The first kappa shape index (κ1) is 32.7. The summed E-state index contributed by atoms with van der Waals surface area (Å²) < 4.78 is 0. The summed E-state index contributed by atoms with van der Waals surface area (Å²) >= 11 is 0. The van der Waals surface area contributed by atoms with Crippen LogP contribution in [-0.2, 0) is 0 Å². The van der Waals surface area contributed by atoms with E-state index in [9.17, 15) is 9.59 Å². The number of amides is 2. The van der Waals surface area contributed by atoms with Gasteiger partial charge in [0.1, 0.15) is 5.82 Å². The summed E-state index contributed by atoms with van der Waals surface area (Å²) in [5, 5.41) is 7.81. The van der Waals surface area contributed by atoms with Crippen molar-refractivity contribution in [3.63, 3.8) is 0 Å². The van der Waals surface area contributed by atoms with Gasteiger partial charge >= 0.3 is 0 Å². The fraction of sp³-hybridized carbons (Fsp3) is 0.300. The third-order valence-corrected chi connectivity index (χ3v) is 9.44. The van der Waals surface area contributed by atoms with Crippen molar-refractivity contribution in [3.8, 4) is 0 Å². The minimum Gasteiger partial charge on any atom is -0.362 e. The molecule has 0 aliphatic heterocycles. The lowest BCUT2D eigenvalue weighted by Gasteiger charge is -2.36. The largest absolute Gasteiger partial charge is 0.362 e. The zero-order valence-electron chi connectivity index (χ0n) is 28.1. The topological polar surface area (TPSA) is 90.5 Å². The summed E-state index contributed by atoms with van der Waals surface area (Å²) in [5.74, 6) is 1.11. The Morgan fingerprint density at radius 2 is 1.19 bits per heavy atom. The molecule has 4 aromatic carbocycles. The Kier molecular flexibility index (Phi) is 9.99.